The van der Waals surface area contributed by atoms with Crippen LogP contribution in [0.25, 0.3) is 0 Å². The van der Waals surface area contributed by atoms with Crippen molar-refractivity contribution >= 4 is 5.91 Å². The molecule has 8 nitrogen and oxygen atoms in total. The van der Waals surface area contributed by atoms with Crippen LogP contribution in [0.2, 0.25) is 0 Å². The van der Waals surface area contributed by atoms with Gasteiger partial charge in [-0.15, -0.1) is 0 Å². The molecule has 1 N–H and O–H groups in total. The molecule has 2 aliphatic rings. The van der Waals surface area contributed by atoms with Gasteiger partial charge in [-0.1, -0.05) is 13.8 Å². The van der Waals surface area contributed by atoms with E-state index < -0.39 is 5.69 Å². The Morgan fingerprint density at radius 3 is 2.81 bits per heavy atom. The van der Waals surface area contributed by atoms with Crippen LogP contribution in [-0.2, 0) is 11.3 Å². The molecule has 26 heavy (non-hydrogen) atoms. The number of H-pyrrole nitrogens is 1. The lowest BCUT2D eigenvalue weighted by molar-refractivity contribution is -0.131. The second-order valence-corrected chi connectivity index (χ2v) is 7.67. The van der Waals surface area contributed by atoms with Crippen LogP contribution in [0.4, 0.5) is 0 Å². The van der Waals surface area contributed by atoms with E-state index >= 15 is 0 Å². The fourth-order valence-electron chi connectivity index (χ4n) is 3.79. The predicted octanol–water partition coefficient (Wildman–Crippen LogP) is 1.14. The van der Waals surface area contributed by atoms with Gasteiger partial charge in [-0.05, 0) is 30.7 Å². The van der Waals surface area contributed by atoms with Crippen LogP contribution in [0.5, 0.6) is 0 Å². The number of hydrogen-bond acceptors (Lipinski definition) is 5. The average molecular weight is 356 g/mol. The fraction of sp³-hybridized carbons (Fsp3) is 0.611. The Kier molecular flexibility index (Phi) is 4.34. The molecule has 8 heteroatoms. The Balaban J connectivity index is 1.51. The van der Waals surface area contributed by atoms with Gasteiger partial charge >= 0.3 is 5.69 Å². The zero-order valence-electron chi connectivity index (χ0n) is 15.1. The molecule has 0 unspecified atom stereocenters. The Morgan fingerprint density at radius 2 is 2.15 bits per heavy atom. The molecule has 2 atom stereocenters. The van der Waals surface area contributed by atoms with E-state index in [2.05, 4.69) is 34.0 Å². The highest BCUT2D eigenvalue weighted by atomic mass is 16.2. The number of carbonyl (C=O) groups excluding carboxylic acids is 1. The lowest BCUT2D eigenvalue weighted by Crippen LogP contribution is -2.35. The van der Waals surface area contributed by atoms with Gasteiger partial charge in [0.15, 0.2) is 5.82 Å². The molecule has 1 aliphatic heterocycles. The summed E-state index contributed by atoms with van der Waals surface area (Å²) in [6, 6.07) is 1.66. The standard InChI is InChI=1S/C18H24N6O2/c1-11(2)16-20-17(22-21-16)14-9-24(8-13(14)12-4-5-12)15(25)10-23-7-3-6-19-18(23)26/h3,6-7,11-14H,4-5,8-10H2,1-2H3,(H,20,21,22)/t13-,14+/m1/s1. The Hall–Kier alpha value is -2.51. The molecule has 1 amide bonds. The first-order valence-electron chi connectivity index (χ1n) is 9.24. The number of likely N-dealkylation sites (tertiary alicyclic amines) is 1. The summed E-state index contributed by atoms with van der Waals surface area (Å²) in [4.78, 5) is 34.7. The van der Waals surface area contributed by atoms with Crippen LogP contribution in [0.3, 0.4) is 0 Å². The van der Waals surface area contributed by atoms with Gasteiger partial charge in [0.25, 0.3) is 0 Å². The number of aromatic amines is 1. The molecule has 2 aromatic heterocycles. The quantitative estimate of drug-likeness (QED) is 0.866. The molecule has 4 rings (SSSR count). The van der Waals surface area contributed by atoms with Gasteiger partial charge in [0.1, 0.15) is 12.4 Å². The number of hydrogen-bond donors (Lipinski definition) is 1. The minimum absolute atomic E-state index is 0.0322. The molecule has 0 radical (unpaired) electrons. The maximum atomic E-state index is 12.7. The first-order chi connectivity index (χ1) is 12.5. The van der Waals surface area contributed by atoms with Crippen molar-refractivity contribution in [3.05, 3.63) is 40.6 Å². The minimum Gasteiger partial charge on any atom is -0.340 e. The smallest absolute Gasteiger partial charge is 0.340 e. The van der Waals surface area contributed by atoms with E-state index in [-0.39, 0.29) is 24.3 Å². The van der Waals surface area contributed by atoms with E-state index in [9.17, 15) is 9.59 Å². The summed E-state index contributed by atoms with van der Waals surface area (Å²) >= 11 is 0. The van der Waals surface area contributed by atoms with Crippen LogP contribution in [-0.4, -0.2) is 48.6 Å². The maximum Gasteiger partial charge on any atom is 0.347 e. The number of carbonyl (C=O) groups is 1. The number of nitrogens with one attached hydrogen (secondary N) is 1. The molecule has 1 saturated heterocycles. The summed E-state index contributed by atoms with van der Waals surface area (Å²) in [5.41, 5.74) is -0.396. The third-order valence-corrected chi connectivity index (χ3v) is 5.42. The van der Waals surface area contributed by atoms with Crippen molar-refractivity contribution in [1.82, 2.24) is 29.6 Å². The van der Waals surface area contributed by atoms with E-state index in [1.54, 1.807) is 12.3 Å². The van der Waals surface area contributed by atoms with E-state index in [1.165, 1.54) is 23.6 Å². The van der Waals surface area contributed by atoms with Gasteiger partial charge in [0, 0.05) is 37.3 Å². The molecule has 0 bridgehead atoms. The summed E-state index contributed by atoms with van der Waals surface area (Å²) in [7, 11) is 0. The second kappa shape index (κ2) is 6.66. The molecule has 3 heterocycles. The molecule has 0 aromatic carbocycles. The highest BCUT2D eigenvalue weighted by Crippen LogP contribution is 2.47. The van der Waals surface area contributed by atoms with E-state index in [0.29, 0.717) is 18.4 Å². The second-order valence-electron chi connectivity index (χ2n) is 7.67. The van der Waals surface area contributed by atoms with Crippen molar-refractivity contribution in [1.29, 1.82) is 0 Å². The Labute approximate surface area is 151 Å². The lowest BCUT2D eigenvalue weighted by Gasteiger charge is -2.16. The predicted molar refractivity (Wildman–Crippen MR) is 94.5 cm³/mol. The molecular formula is C18H24N6O2. The molecule has 2 aromatic rings. The summed E-state index contributed by atoms with van der Waals surface area (Å²) in [5.74, 6) is 3.20. The molecular weight excluding hydrogens is 332 g/mol. The normalized spacial score (nSPS) is 23.0. The number of nitrogens with zero attached hydrogens (tertiary/aromatic N) is 5. The van der Waals surface area contributed by atoms with Gasteiger partial charge in [-0.25, -0.2) is 14.8 Å². The third kappa shape index (κ3) is 3.27. The molecule has 1 saturated carbocycles. The van der Waals surface area contributed by atoms with Gasteiger partial charge in [-0.2, -0.15) is 5.10 Å². The first kappa shape index (κ1) is 16.9. The van der Waals surface area contributed by atoms with Gasteiger partial charge in [0.2, 0.25) is 5.91 Å². The summed E-state index contributed by atoms with van der Waals surface area (Å²) in [6.45, 7) is 5.52. The Morgan fingerprint density at radius 1 is 1.35 bits per heavy atom. The van der Waals surface area contributed by atoms with Crippen molar-refractivity contribution in [2.75, 3.05) is 13.1 Å². The van der Waals surface area contributed by atoms with Crippen LogP contribution in [0.15, 0.2) is 23.3 Å². The highest BCUT2D eigenvalue weighted by molar-refractivity contribution is 5.76. The van der Waals surface area contributed by atoms with Crippen LogP contribution < -0.4 is 5.69 Å². The van der Waals surface area contributed by atoms with Crippen LogP contribution >= 0.6 is 0 Å². The summed E-state index contributed by atoms with van der Waals surface area (Å²) in [6.07, 6.45) is 5.48. The molecule has 0 spiro atoms. The molecule has 1 aliphatic carbocycles. The SMILES string of the molecule is CC(C)c1n[nH]c([C@H]2CN(C(=O)Cn3cccnc3=O)C[C@@H]2C2CC2)n1. The van der Waals surface area contributed by atoms with Crippen molar-refractivity contribution in [3.8, 4) is 0 Å². The van der Waals surface area contributed by atoms with E-state index in [0.717, 1.165) is 18.2 Å². The van der Waals surface area contributed by atoms with E-state index in [1.807, 2.05) is 4.90 Å². The van der Waals surface area contributed by atoms with Gasteiger partial charge in [-0.3, -0.25) is 14.5 Å². The largest absolute Gasteiger partial charge is 0.347 e. The lowest BCUT2D eigenvalue weighted by atomic mass is 9.91. The third-order valence-electron chi connectivity index (χ3n) is 5.42. The first-order valence-corrected chi connectivity index (χ1v) is 9.24. The van der Waals surface area contributed by atoms with Crippen molar-refractivity contribution in [2.45, 2.75) is 45.1 Å². The van der Waals surface area contributed by atoms with Crippen molar-refractivity contribution < 1.29 is 4.79 Å². The average Bonchev–Trinajstić information content (AvgIpc) is 3.17. The van der Waals surface area contributed by atoms with Crippen molar-refractivity contribution in [2.24, 2.45) is 11.8 Å². The number of amides is 1. The molecule has 138 valence electrons. The Bertz CT molecular complexity index is 853. The maximum absolute atomic E-state index is 12.7. The van der Waals surface area contributed by atoms with Gasteiger partial charge < -0.3 is 4.90 Å². The summed E-state index contributed by atoms with van der Waals surface area (Å²) < 4.78 is 1.35. The number of aromatic nitrogens is 5. The van der Waals surface area contributed by atoms with E-state index in [4.69, 9.17) is 0 Å². The fourth-order valence-corrected chi connectivity index (χ4v) is 3.79. The van der Waals surface area contributed by atoms with Crippen LogP contribution in [0.1, 0.15) is 50.2 Å². The zero-order valence-corrected chi connectivity index (χ0v) is 15.1. The van der Waals surface area contributed by atoms with Gasteiger partial charge in [0.05, 0.1) is 0 Å². The monoisotopic (exact) mass is 356 g/mol. The van der Waals surface area contributed by atoms with Crippen molar-refractivity contribution in [3.63, 3.8) is 0 Å². The molecule has 2 fully saturated rings. The topological polar surface area (TPSA) is 96.8 Å². The summed E-state index contributed by atoms with van der Waals surface area (Å²) in [5, 5.41) is 7.43. The minimum atomic E-state index is -0.396. The highest BCUT2D eigenvalue weighted by Gasteiger charge is 2.45. The van der Waals surface area contributed by atoms with Crippen LogP contribution in [0, 0.1) is 11.8 Å². The number of rotatable bonds is 5. The zero-order chi connectivity index (χ0) is 18.3.